The van der Waals surface area contributed by atoms with Crippen molar-refractivity contribution in [1.82, 2.24) is 10.2 Å². The van der Waals surface area contributed by atoms with E-state index in [0.717, 1.165) is 5.56 Å². The lowest BCUT2D eigenvalue weighted by Crippen LogP contribution is -2.63. The third-order valence-corrected chi connectivity index (χ3v) is 4.34. The molecule has 0 spiro atoms. The molecule has 0 radical (unpaired) electrons. The summed E-state index contributed by atoms with van der Waals surface area (Å²) in [5.74, 6) is -0.609. The van der Waals surface area contributed by atoms with Crippen LogP contribution in [0.5, 0.6) is 0 Å². The molecule has 2 amide bonds. The molecule has 0 aliphatic carbocycles. The van der Waals surface area contributed by atoms with Crippen molar-refractivity contribution in [3.63, 3.8) is 0 Å². The van der Waals surface area contributed by atoms with Gasteiger partial charge in [-0.1, -0.05) is 35.8 Å². The highest BCUT2D eigenvalue weighted by Crippen LogP contribution is 2.24. The van der Waals surface area contributed by atoms with Crippen LogP contribution in [0.15, 0.2) is 22.7 Å². The van der Waals surface area contributed by atoms with Crippen molar-refractivity contribution in [3.8, 4) is 0 Å². The number of amides is 2. The first kappa shape index (κ1) is 15.9. The molecule has 1 aliphatic heterocycles. The number of halogens is 2. The SMILES string of the molecule is CC1NC(=O)C(C(C)C)N(Cc2ccc(F)cc2Br)C1=O. The molecule has 114 valence electrons. The Morgan fingerprint density at radius 3 is 2.62 bits per heavy atom. The molecular weight excluding hydrogens is 339 g/mol. The fraction of sp³-hybridized carbons (Fsp3) is 0.467. The Balaban J connectivity index is 2.32. The van der Waals surface area contributed by atoms with Crippen LogP contribution in [0.2, 0.25) is 0 Å². The van der Waals surface area contributed by atoms with Gasteiger partial charge in [0.2, 0.25) is 11.8 Å². The number of nitrogens with one attached hydrogen (secondary N) is 1. The van der Waals surface area contributed by atoms with E-state index in [1.165, 1.54) is 12.1 Å². The summed E-state index contributed by atoms with van der Waals surface area (Å²) in [6.07, 6.45) is 0. The monoisotopic (exact) mass is 356 g/mol. The number of carbonyl (C=O) groups is 2. The zero-order chi connectivity index (χ0) is 15.7. The van der Waals surface area contributed by atoms with E-state index >= 15 is 0 Å². The molecule has 6 heteroatoms. The highest BCUT2D eigenvalue weighted by atomic mass is 79.9. The minimum Gasteiger partial charge on any atom is -0.343 e. The molecule has 1 fully saturated rings. The maximum atomic E-state index is 13.2. The van der Waals surface area contributed by atoms with Gasteiger partial charge in [0, 0.05) is 11.0 Å². The van der Waals surface area contributed by atoms with Crippen molar-refractivity contribution >= 4 is 27.7 Å². The number of carbonyl (C=O) groups excluding carboxylic acids is 2. The Kier molecular flexibility index (Phi) is 4.66. The van der Waals surface area contributed by atoms with Gasteiger partial charge in [-0.15, -0.1) is 0 Å². The van der Waals surface area contributed by atoms with Crippen molar-refractivity contribution < 1.29 is 14.0 Å². The molecule has 1 aliphatic rings. The molecule has 2 unspecified atom stereocenters. The Morgan fingerprint density at radius 2 is 2.05 bits per heavy atom. The lowest BCUT2D eigenvalue weighted by atomic mass is 9.96. The fourth-order valence-electron chi connectivity index (χ4n) is 2.56. The van der Waals surface area contributed by atoms with E-state index in [1.807, 2.05) is 13.8 Å². The first-order chi connectivity index (χ1) is 9.81. The third kappa shape index (κ3) is 3.26. The second kappa shape index (κ2) is 6.13. The van der Waals surface area contributed by atoms with E-state index in [4.69, 9.17) is 0 Å². The summed E-state index contributed by atoms with van der Waals surface area (Å²) in [4.78, 5) is 26.1. The van der Waals surface area contributed by atoms with E-state index < -0.39 is 12.1 Å². The standard InChI is InChI=1S/C15H18BrFN2O2/c1-8(2)13-14(20)18-9(3)15(21)19(13)7-10-4-5-11(17)6-12(10)16/h4-6,8-9,13H,7H2,1-3H3,(H,18,20). The summed E-state index contributed by atoms with van der Waals surface area (Å²) in [5.41, 5.74) is 0.775. The van der Waals surface area contributed by atoms with Gasteiger partial charge in [0.1, 0.15) is 17.9 Å². The molecule has 1 aromatic carbocycles. The van der Waals surface area contributed by atoms with Crippen molar-refractivity contribution in [3.05, 3.63) is 34.1 Å². The van der Waals surface area contributed by atoms with Crippen LogP contribution in [0.3, 0.4) is 0 Å². The number of piperazine rings is 1. The van der Waals surface area contributed by atoms with Crippen LogP contribution < -0.4 is 5.32 Å². The Hall–Kier alpha value is -1.43. The normalized spacial score (nSPS) is 22.7. The topological polar surface area (TPSA) is 49.4 Å². The van der Waals surface area contributed by atoms with Gasteiger partial charge < -0.3 is 10.2 Å². The predicted molar refractivity (Wildman–Crippen MR) is 80.9 cm³/mol. The molecular formula is C15H18BrFN2O2. The van der Waals surface area contributed by atoms with Crippen molar-refractivity contribution in [2.75, 3.05) is 0 Å². The van der Waals surface area contributed by atoms with E-state index in [1.54, 1.807) is 17.9 Å². The minimum absolute atomic E-state index is 0.000624. The highest BCUT2D eigenvalue weighted by Gasteiger charge is 2.40. The van der Waals surface area contributed by atoms with Gasteiger partial charge in [0.15, 0.2) is 0 Å². The van der Waals surface area contributed by atoms with Crippen molar-refractivity contribution in [2.24, 2.45) is 5.92 Å². The van der Waals surface area contributed by atoms with Crippen LogP contribution in [-0.4, -0.2) is 28.8 Å². The zero-order valence-electron chi connectivity index (χ0n) is 12.2. The molecule has 1 N–H and O–H groups in total. The van der Waals surface area contributed by atoms with E-state index in [2.05, 4.69) is 21.2 Å². The van der Waals surface area contributed by atoms with Crippen molar-refractivity contribution in [1.29, 1.82) is 0 Å². The van der Waals surface area contributed by atoms with E-state index in [-0.39, 0.29) is 30.1 Å². The van der Waals surface area contributed by atoms with Crippen LogP contribution in [-0.2, 0) is 16.1 Å². The summed E-state index contributed by atoms with van der Waals surface area (Å²) >= 11 is 3.30. The van der Waals surface area contributed by atoms with Crippen LogP contribution in [0.4, 0.5) is 4.39 Å². The minimum atomic E-state index is -0.535. The molecule has 1 aromatic rings. The van der Waals surface area contributed by atoms with Gasteiger partial charge >= 0.3 is 0 Å². The van der Waals surface area contributed by atoms with Gasteiger partial charge in [-0.25, -0.2) is 4.39 Å². The molecule has 1 heterocycles. The first-order valence-electron chi connectivity index (χ1n) is 6.86. The average molecular weight is 357 g/mol. The molecule has 21 heavy (non-hydrogen) atoms. The molecule has 2 atom stereocenters. The largest absolute Gasteiger partial charge is 0.343 e. The van der Waals surface area contributed by atoms with E-state index in [0.29, 0.717) is 4.47 Å². The molecule has 4 nitrogen and oxygen atoms in total. The fourth-order valence-corrected chi connectivity index (χ4v) is 3.04. The maximum absolute atomic E-state index is 13.2. The Labute approximate surface area is 131 Å². The number of rotatable bonds is 3. The van der Waals surface area contributed by atoms with Gasteiger partial charge in [-0.2, -0.15) is 0 Å². The number of nitrogens with zero attached hydrogens (tertiary/aromatic N) is 1. The van der Waals surface area contributed by atoms with Gasteiger partial charge in [0.05, 0.1) is 0 Å². The number of hydrogen-bond donors (Lipinski definition) is 1. The van der Waals surface area contributed by atoms with Gasteiger partial charge in [0.25, 0.3) is 0 Å². The second-order valence-corrected chi connectivity index (χ2v) is 6.48. The lowest BCUT2D eigenvalue weighted by Gasteiger charge is -2.40. The third-order valence-electron chi connectivity index (χ3n) is 3.60. The van der Waals surface area contributed by atoms with E-state index in [9.17, 15) is 14.0 Å². The summed E-state index contributed by atoms with van der Waals surface area (Å²) in [6.45, 7) is 5.75. The zero-order valence-corrected chi connectivity index (χ0v) is 13.8. The van der Waals surface area contributed by atoms with Gasteiger partial charge in [-0.05, 0) is 30.5 Å². The predicted octanol–water partition coefficient (Wildman–Crippen LogP) is 2.46. The highest BCUT2D eigenvalue weighted by molar-refractivity contribution is 9.10. The Morgan fingerprint density at radius 1 is 1.38 bits per heavy atom. The second-order valence-electron chi connectivity index (χ2n) is 5.62. The van der Waals surface area contributed by atoms with Crippen LogP contribution in [0.1, 0.15) is 26.3 Å². The average Bonchev–Trinajstić information content (AvgIpc) is 2.38. The molecule has 0 saturated carbocycles. The maximum Gasteiger partial charge on any atom is 0.245 e. The summed E-state index contributed by atoms with van der Waals surface area (Å²) in [7, 11) is 0. The quantitative estimate of drug-likeness (QED) is 0.904. The van der Waals surface area contributed by atoms with Crippen LogP contribution >= 0.6 is 15.9 Å². The van der Waals surface area contributed by atoms with Crippen LogP contribution in [0, 0.1) is 11.7 Å². The van der Waals surface area contributed by atoms with Gasteiger partial charge in [-0.3, -0.25) is 9.59 Å². The number of benzene rings is 1. The molecule has 2 rings (SSSR count). The van der Waals surface area contributed by atoms with Crippen molar-refractivity contribution in [2.45, 2.75) is 39.4 Å². The Bertz CT molecular complexity index is 577. The summed E-state index contributed by atoms with van der Waals surface area (Å²) < 4.78 is 13.8. The molecule has 0 aromatic heterocycles. The van der Waals surface area contributed by atoms with Crippen LogP contribution in [0.25, 0.3) is 0 Å². The lowest BCUT2D eigenvalue weighted by molar-refractivity contribution is -0.151. The molecule has 0 bridgehead atoms. The summed E-state index contributed by atoms with van der Waals surface area (Å²) in [6, 6.07) is 3.29. The number of hydrogen-bond acceptors (Lipinski definition) is 2. The smallest absolute Gasteiger partial charge is 0.245 e. The first-order valence-corrected chi connectivity index (χ1v) is 7.65. The summed E-state index contributed by atoms with van der Waals surface area (Å²) in [5, 5.41) is 2.70. The molecule has 1 saturated heterocycles.